The maximum absolute atomic E-state index is 12.4. The highest BCUT2D eigenvalue weighted by atomic mass is 79.9. The van der Waals surface area contributed by atoms with E-state index in [-0.39, 0.29) is 24.1 Å². The topological polar surface area (TPSA) is 74.8 Å². The summed E-state index contributed by atoms with van der Waals surface area (Å²) in [5.41, 5.74) is -0.508. The van der Waals surface area contributed by atoms with E-state index in [0.29, 0.717) is 31.9 Å². The first-order chi connectivity index (χ1) is 12.5. The highest BCUT2D eigenvalue weighted by molar-refractivity contribution is 9.10. The van der Waals surface area contributed by atoms with Gasteiger partial charge in [-0.1, -0.05) is 15.9 Å². The molecule has 1 aliphatic rings. The average molecular weight is 441 g/mol. The van der Waals surface area contributed by atoms with E-state index >= 15 is 0 Å². The predicted octanol–water partition coefficient (Wildman–Crippen LogP) is 3.50. The van der Waals surface area contributed by atoms with Crippen LogP contribution in [0.3, 0.4) is 0 Å². The fourth-order valence-electron chi connectivity index (χ4n) is 3.23. The second kappa shape index (κ2) is 9.01. The Morgan fingerprint density at radius 1 is 1.30 bits per heavy atom. The summed E-state index contributed by atoms with van der Waals surface area (Å²) in [6, 6.07) is 3.63. The molecule has 1 aliphatic heterocycles. The number of pyridine rings is 1. The molecule has 1 aromatic heterocycles. The Hall–Kier alpha value is -1.67. The van der Waals surface area contributed by atoms with Gasteiger partial charge >= 0.3 is 6.09 Å². The lowest BCUT2D eigenvalue weighted by molar-refractivity contribution is -0.116. The van der Waals surface area contributed by atoms with Crippen LogP contribution in [0.4, 0.5) is 10.6 Å². The number of piperazine rings is 1. The fourth-order valence-corrected chi connectivity index (χ4v) is 3.56. The molecule has 27 heavy (non-hydrogen) atoms. The minimum Gasteiger partial charge on any atom is -0.444 e. The van der Waals surface area contributed by atoms with E-state index in [2.05, 4.69) is 31.1 Å². The maximum atomic E-state index is 12.4. The molecule has 1 fully saturated rings. The number of nitrogens with zero attached hydrogens (tertiary/aromatic N) is 3. The van der Waals surface area contributed by atoms with Gasteiger partial charge in [-0.2, -0.15) is 0 Å². The molecule has 2 amide bonds. The van der Waals surface area contributed by atoms with Crippen molar-refractivity contribution in [2.24, 2.45) is 0 Å². The third-order valence-electron chi connectivity index (χ3n) is 4.24. The van der Waals surface area contributed by atoms with Crippen molar-refractivity contribution in [2.75, 3.05) is 25.0 Å². The second-order valence-corrected chi connectivity index (χ2v) is 8.92. The van der Waals surface area contributed by atoms with Gasteiger partial charge in [0.15, 0.2) is 0 Å². The Morgan fingerprint density at radius 3 is 2.48 bits per heavy atom. The van der Waals surface area contributed by atoms with Crippen molar-refractivity contribution in [3.63, 3.8) is 0 Å². The van der Waals surface area contributed by atoms with Crippen molar-refractivity contribution >= 4 is 33.7 Å². The third kappa shape index (κ3) is 6.77. The number of aromatic nitrogens is 1. The first-order valence-electron chi connectivity index (χ1n) is 9.20. The Morgan fingerprint density at radius 2 is 1.93 bits per heavy atom. The van der Waals surface area contributed by atoms with Crippen molar-refractivity contribution in [2.45, 2.75) is 58.7 Å². The number of halogens is 1. The molecule has 0 spiro atoms. The fraction of sp³-hybridized carbons (Fsp3) is 0.632. The van der Waals surface area contributed by atoms with E-state index in [0.717, 1.165) is 4.47 Å². The van der Waals surface area contributed by atoms with Gasteiger partial charge in [-0.25, -0.2) is 9.78 Å². The van der Waals surface area contributed by atoms with E-state index in [9.17, 15) is 9.59 Å². The van der Waals surface area contributed by atoms with Gasteiger partial charge in [0.1, 0.15) is 11.4 Å². The quantitative estimate of drug-likeness (QED) is 0.774. The molecule has 150 valence electrons. The number of hydrogen-bond donors (Lipinski definition) is 1. The van der Waals surface area contributed by atoms with E-state index in [1.807, 2.05) is 40.7 Å². The predicted molar refractivity (Wildman–Crippen MR) is 109 cm³/mol. The number of carbonyl (C=O) groups excluding carboxylic acids is 2. The van der Waals surface area contributed by atoms with Crippen LogP contribution in [0.15, 0.2) is 22.8 Å². The Bertz CT molecular complexity index is 665. The van der Waals surface area contributed by atoms with Gasteiger partial charge in [0.05, 0.1) is 0 Å². The standard InChI is InChI=1S/C19H29BrN4O3/c1-13-11-23(12-14(2)24(13)18(26)27-19(3,4)5)9-7-17(25)22-16-10-15(20)6-8-21-16/h6,8,10,13-14H,7,9,11-12H2,1-5H3,(H,21,22,25). The van der Waals surface area contributed by atoms with Gasteiger partial charge in [-0.05, 0) is 46.8 Å². The third-order valence-corrected chi connectivity index (χ3v) is 4.74. The molecule has 0 bridgehead atoms. The zero-order chi connectivity index (χ0) is 20.2. The van der Waals surface area contributed by atoms with Crippen LogP contribution in [-0.4, -0.2) is 64.1 Å². The molecule has 2 heterocycles. The van der Waals surface area contributed by atoms with Crippen LogP contribution in [0.5, 0.6) is 0 Å². The van der Waals surface area contributed by atoms with Gasteiger partial charge in [0.25, 0.3) is 0 Å². The average Bonchev–Trinajstić information content (AvgIpc) is 2.50. The van der Waals surface area contributed by atoms with E-state index < -0.39 is 5.60 Å². The molecule has 2 rings (SSSR count). The summed E-state index contributed by atoms with van der Waals surface area (Å²) < 4.78 is 6.39. The molecular weight excluding hydrogens is 412 g/mol. The maximum Gasteiger partial charge on any atom is 0.410 e. The van der Waals surface area contributed by atoms with E-state index in [4.69, 9.17) is 4.74 Å². The van der Waals surface area contributed by atoms with E-state index in [1.54, 1.807) is 17.2 Å². The summed E-state index contributed by atoms with van der Waals surface area (Å²) in [6.45, 7) is 11.7. The van der Waals surface area contributed by atoms with Crippen molar-refractivity contribution in [1.29, 1.82) is 0 Å². The van der Waals surface area contributed by atoms with Crippen molar-refractivity contribution in [1.82, 2.24) is 14.8 Å². The molecule has 7 nitrogen and oxygen atoms in total. The molecule has 1 N–H and O–H groups in total. The molecule has 8 heteroatoms. The van der Waals surface area contributed by atoms with Crippen LogP contribution in [0.25, 0.3) is 0 Å². The highest BCUT2D eigenvalue weighted by Crippen LogP contribution is 2.20. The summed E-state index contributed by atoms with van der Waals surface area (Å²) in [5, 5.41) is 2.81. The highest BCUT2D eigenvalue weighted by Gasteiger charge is 2.35. The minimum absolute atomic E-state index is 0.0263. The Balaban J connectivity index is 1.84. The zero-order valence-electron chi connectivity index (χ0n) is 16.7. The van der Waals surface area contributed by atoms with Gasteiger partial charge in [-0.3, -0.25) is 9.69 Å². The molecule has 1 aromatic rings. The van der Waals surface area contributed by atoms with Crippen LogP contribution in [-0.2, 0) is 9.53 Å². The smallest absolute Gasteiger partial charge is 0.410 e. The van der Waals surface area contributed by atoms with E-state index in [1.165, 1.54) is 0 Å². The molecule has 0 radical (unpaired) electrons. The first-order valence-corrected chi connectivity index (χ1v) is 9.99. The molecule has 0 saturated carbocycles. The van der Waals surface area contributed by atoms with Crippen molar-refractivity contribution < 1.29 is 14.3 Å². The molecule has 2 atom stereocenters. The lowest BCUT2D eigenvalue weighted by Gasteiger charge is -2.44. The first kappa shape index (κ1) is 21.6. The Labute approximate surface area is 169 Å². The van der Waals surface area contributed by atoms with Gasteiger partial charge in [0.2, 0.25) is 5.91 Å². The number of nitrogens with one attached hydrogen (secondary N) is 1. The number of amides is 2. The van der Waals surface area contributed by atoms with Crippen LogP contribution >= 0.6 is 15.9 Å². The number of carbonyl (C=O) groups is 2. The second-order valence-electron chi connectivity index (χ2n) is 8.00. The van der Waals surface area contributed by atoms with Crippen LogP contribution in [0.2, 0.25) is 0 Å². The molecule has 0 aromatic carbocycles. The number of anilines is 1. The molecule has 1 saturated heterocycles. The van der Waals surface area contributed by atoms with Gasteiger partial charge < -0.3 is 15.0 Å². The van der Waals surface area contributed by atoms with Gasteiger partial charge in [0, 0.05) is 48.8 Å². The van der Waals surface area contributed by atoms with Crippen molar-refractivity contribution in [3.8, 4) is 0 Å². The largest absolute Gasteiger partial charge is 0.444 e. The summed E-state index contributed by atoms with van der Waals surface area (Å²) in [7, 11) is 0. The molecule has 2 unspecified atom stereocenters. The van der Waals surface area contributed by atoms with Crippen LogP contribution < -0.4 is 5.32 Å². The normalized spacial score (nSPS) is 21.0. The summed E-state index contributed by atoms with van der Waals surface area (Å²) in [6.07, 6.45) is 1.74. The SMILES string of the molecule is CC1CN(CCC(=O)Nc2cc(Br)ccn2)CC(C)N1C(=O)OC(C)(C)C. The van der Waals surface area contributed by atoms with Crippen LogP contribution in [0, 0.1) is 0 Å². The van der Waals surface area contributed by atoms with Crippen LogP contribution in [0.1, 0.15) is 41.0 Å². The van der Waals surface area contributed by atoms with Gasteiger partial charge in [-0.15, -0.1) is 0 Å². The number of hydrogen-bond acceptors (Lipinski definition) is 5. The molecular formula is C19H29BrN4O3. The number of rotatable bonds is 4. The molecule has 0 aliphatic carbocycles. The zero-order valence-corrected chi connectivity index (χ0v) is 18.2. The lowest BCUT2D eigenvalue weighted by atomic mass is 10.1. The summed E-state index contributed by atoms with van der Waals surface area (Å²) >= 11 is 3.36. The van der Waals surface area contributed by atoms with Crippen molar-refractivity contribution in [3.05, 3.63) is 22.8 Å². The Kier molecular flexibility index (Phi) is 7.22. The number of ether oxygens (including phenoxy) is 1. The summed E-state index contributed by atoms with van der Waals surface area (Å²) in [4.78, 5) is 32.8. The monoisotopic (exact) mass is 440 g/mol. The summed E-state index contributed by atoms with van der Waals surface area (Å²) in [5.74, 6) is 0.460. The lowest BCUT2D eigenvalue weighted by Crippen LogP contribution is -2.59. The minimum atomic E-state index is -0.508.